The molecule has 0 saturated heterocycles. The summed E-state index contributed by atoms with van der Waals surface area (Å²) in [5.74, 6) is 0.643. The predicted octanol–water partition coefficient (Wildman–Crippen LogP) is 1.64. The van der Waals surface area contributed by atoms with Crippen molar-refractivity contribution < 1.29 is 4.79 Å². The average molecular weight is 275 g/mol. The number of aromatic nitrogens is 2. The summed E-state index contributed by atoms with van der Waals surface area (Å²) in [6.07, 6.45) is 2.06. The van der Waals surface area contributed by atoms with Crippen LogP contribution < -0.4 is 10.9 Å². The van der Waals surface area contributed by atoms with E-state index in [4.69, 9.17) is 0 Å². The first-order valence-electron chi connectivity index (χ1n) is 6.13. The summed E-state index contributed by atoms with van der Waals surface area (Å²) in [4.78, 5) is 30.4. The molecular weight excluding hydrogens is 262 g/mol. The molecule has 0 spiro atoms. The van der Waals surface area contributed by atoms with Gasteiger partial charge >= 0.3 is 0 Å². The van der Waals surface area contributed by atoms with E-state index in [-0.39, 0.29) is 17.2 Å². The number of nitrogens with one attached hydrogen (secondary N) is 2. The Morgan fingerprint density at radius 2 is 2.37 bits per heavy atom. The number of rotatable bonds is 4. The second-order valence-electron chi connectivity index (χ2n) is 4.60. The van der Waals surface area contributed by atoms with E-state index < -0.39 is 0 Å². The van der Waals surface area contributed by atoms with Gasteiger partial charge in [0.25, 0.3) is 11.5 Å². The van der Waals surface area contributed by atoms with E-state index in [1.165, 1.54) is 6.07 Å². The Kier molecular flexibility index (Phi) is 3.16. The molecule has 0 aromatic carbocycles. The van der Waals surface area contributed by atoms with Gasteiger partial charge in [0.2, 0.25) is 0 Å². The van der Waals surface area contributed by atoms with Crippen molar-refractivity contribution in [1.82, 2.24) is 15.3 Å². The third-order valence-corrected chi connectivity index (χ3v) is 3.72. The fourth-order valence-electron chi connectivity index (χ4n) is 1.81. The number of thiophene rings is 1. The minimum absolute atomic E-state index is 0.195. The van der Waals surface area contributed by atoms with Crippen LogP contribution in [0.1, 0.15) is 40.6 Å². The van der Waals surface area contributed by atoms with Crippen LogP contribution in [-0.4, -0.2) is 15.9 Å². The van der Waals surface area contributed by atoms with E-state index in [0.717, 1.165) is 18.4 Å². The smallest absolute Gasteiger partial charge is 0.270 e. The van der Waals surface area contributed by atoms with Crippen molar-refractivity contribution in [3.63, 3.8) is 0 Å². The van der Waals surface area contributed by atoms with Gasteiger partial charge in [0.05, 0.1) is 0 Å². The third kappa shape index (κ3) is 2.90. The molecule has 1 aliphatic carbocycles. The molecule has 0 unspecified atom stereocenters. The molecule has 1 amide bonds. The molecule has 0 radical (unpaired) electrons. The van der Waals surface area contributed by atoms with Gasteiger partial charge in [0.1, 0.15) is 11.5 Å². The van der Waals surface area contributed by atoms with Gasteiger partial charge in [0.15, 0.2) is 0 Å². The molecular formula is C13H13N3O2S. The van der Waals surface area contributed by atoms with Crippen molar-refractivity contribution >= 4 is 17.2 Å². The summed E-state index contributed by atoms with van der Waals surface area (Å²) in [6, 6.07) is 3.20. The van der Waals surface area contributed by atoms with E-state index >= 15 is 0 Å². The van der Waals surface area contributed by atoms with Crippen LogP contribution in [0.15, 0.2) is 27.7 Å². The van der Waals surface area contributed by atoms with Gasteiger partial charge in [-0.3, -0.25) is 9.59 Å². The van der Waals surface area contributed by atoms with Gasteiger partial charge in [0, 0.05) is 18.5 Å². The van der Waals surface area contributed by atoms with E-state index in [0.29, 0.717) is 18.3 Å². The van der Waals surface area contributed by atoms with Crippen LogP contribution in [0.3, 0.4) is 0 Å². The van der Waals surface area contributed by atoms with E-state index in [9.17, 15) is 9.59 Å². The van der Waals surface area contributed by atoms with Gasteiger partial charge in [-0.15, -0.1) is 0 Å². The molecule has 1 fully saturated rings. The molecule has 0 bridgehead atoms. The van der Waals surface area contributed by atoms with Crippen LogP contribution in [0.2, 0.25) is 0 Å². The normalized spacial score (nSPS) is 14.3. The van der Waals surface area contributed by atoms with E-state index in [2.05, 4.69) is 15.3 Å². The summed E-state index contributed by atoms with van der Waals surface area (Å²) in [7, 11) is 0. The zero-order valence-corrected chi connectivity index (χ0v) is 11.0. The van der Waals surface area contributed by atoms with Gasteiger partial charge in [-0.05, 0) is 35.2 Å². The summed E-state index contributed by atoms with van der Waals surface area (Å²) in [5, 5.41) is 6.70. The highest BCUT2D eigenvalue weighted by Gasteiger charge is 2.27. The Morgan fingerprint density at radius 3 is 3.05 bits per heavy atom. The number of hydrogen-bond donors (Lipinski definition) is 2. The average Bonchev–Trinajstić information content (AvgIpc) is 3.13. The SMILES string of the molecule is O=C(NCc1ccsc1)c1cc(=O)[nH]c(C2CC2)n1. The molecule has 5 nitrogen and oxygen atoms in total. The van der Waals surface area contributed by atoms with Crippen LogP contribution >= 0.6 is 11.3 Å². The molecule has 2 heterocycles. The van der Waals surface area contributed by atoms with Gasteiger partial charge in [-0.2, -0.15) is 11.3 Å². The van der Waals surface area contributed by atoms with Crippen LogP contribution in [0.4, 0.5) is 0 Å². The summed E-state index contributed by atoms with van der Waals surface area (Å²) in [6.45, 7) is 0.454. The Bertz CT molecular complexity index is 644. The zero-order chi connectivity index (χ0) is 13.2. The fourth-order valence-corrected chi connectivity index (χ4v) is 2.48. The quantitative estimate of drug-likeness (QED) is 0.890. The Morgan fingerprint density at radius 1 is 1.53 bits per heavy atom. The molecule has 2 aromatic heterocycles. The number of amides is 1. The summed E-state index contributed by atoms with van der Waals surface area (Å²) in [5.41, 5.74) is 0.976. The van der Waals surface area contributed by atoms with Crippen LogP contribution in [0.5, 0.6) is 0 Å². The lowest BCUT2D eigenvalue weighted by Crippen LogP contribution is -2.26. The topological polar surface area (TPSA) is 74.8 Å². The highest BCUT2D eigenvalue weighted by molar-refractivity contribution is 7.07. The zero-order valence-electron chi connectivity index (χ0n) is 10.2. The molecule has 1 aliphatic rings. The monoisotopic (exact) mass is 275 g/mol. The van der Waals surface area contributed by atoms with Gasteiger partial charge < -0.3 is 10.3 Å². The maximum Gasteiger partial charge on any atom is 0.270 e. The van der Waals surface area contributed by atoms with Crippen LogP contribution in [-0.2, 0) is 6.54 Å². The first kappa shape index (κ1) is 12.1. The maximum atomic E-state index is 12.0. The lowest BCUT2D eigenvalue weighted by atomic mass is 10.3. The van der Waals surface area contributed by atoms with Crippen molar-refractivity contribution in [1.29, 1.82) is 0 Å². The minimum atomic E-state index is -0.306. The third-order valence-electron chi connectivity index (χ3n) is 2.99. The first-order valence-corrected chi connectivity index (χ1v) is 7.07. The second kappa shape index (κ2) is 4.97. The molecule has 19 heavy (non-hydrogen) atoms. The number of H-pyrrole nitrogens is 1. The summed E-state index contributed by atoms with van der Waals surface area (Å²) >= 11 is 1.58. The molecule has 1 saturated carbocycles. The fraction of sp³-hybridized carbons (Fsp3) is 0.308. The maximum absolute atomic E-state index is 12.0. The number of carbonyl (C=O) groups is 1. The van der Waals surface area contributed by atoms with Crippen molar-refractivity contribution in [2.45, 2.75) is 25.3 Å². The predicted molar refractivity (Wildman–Crippen MR) is 72.3 cm³/mol. The Hall–Kier alpha value is -1.95. The Balaban J connectivity index is 1.73. The molecule has 2 N–H and O–H groups in total. The molecule has 98 valence electrons. The molecule has 0 aliphatic heterocycles. The highest BCUT2D eigenvalue weighted by Crippen LogP contribution is 2.37. The minimum Gasteiger partial charge on any atom is -0.347 e. The number of hydrogen-bond acceptors (Lipinski definition) is 4. The van der Waals surface area contributed by atoms with Gasteiger partial charge in [-0.25, -0.2) is 4.98 Å². The number of nitrogens with zero attached hydrogens (tertiary/aromatic N) is 1. The second-order valence-corrected chi connectivity index (χ2v) is 5.38. The van der Waals surface area contributed by atoms with Crippen LogP contribution in [0.25, 0.3) is 0 Å². The lowest BCUT2D eigenvalue weighted by Gasteiger charge is -2.04. The number of carbonyl (C=O) groups excluding carboxylic acids is 1. The summed E-state index contributed by atoms with van der Waals surface area (Å²) < 4.78 is 0. The Labute approximate surface area is 113 Å². The van der Waals surface area contributed by atoms with Crippen LogP contribution in [0, 0.1) is 0 Å². The lowest BCUT2D eigenvalue weighted by molar-refractivity contribution is 0.0945. The van der Waals surface area contributed by atoms with Crippen molar-refractivity contribution in [3.8, 4) is 0 Å². The largest absolute Gasteiger partial charge is 0.347 e. The van der Waals surface area contributed by atoms with E-state index in [1.54, 1.807) is 11.3 Å². The van der Waals surface area contributed by atoms with E-state index in [1.807, 2.05) is 16.8 Å². The number of aromatic amines is 1. The van der Waals surface area contributed by atoms with Crippen molar-refractivity contribution in [2.75, 3.05) is 0 Å². The van der Waals surface area contributed by atoms with Gasteiger partial charge in [-0.1, -0.05) is 0 Å². The van der Waals surface area contributed by atoms with Crippen molar-refractivity contribution in [3.05, 3.63) is 50.3 Å². The molecule has 3 rings (SSSR count). The van der Waals surface area contributed by atoms with Crippen molar-refractivity contribution in [2.24, 2.45) is 0 Å². The highest BCUT2D eigenvalue weighted by atomic mass is 32.1. The standard InChI is InChI=1S/C13H13N3O2S/c17-11-5-10(15-12(16-11)9-1-2-9)13(18)14-6-8-3-4-19-7-8/h3-5,7,9H,1-2,6H2,(H,14,18)(H,15,16,17). The first-order chi connectivity index (χ1) is 9.22. The molecule has 6 heteroatoms. The molecule has 0 atom stereocenters. The molecule has 2 aromatic rings.